The quantitative estimate of drug-likeness (QED) is 0.402. The van der Waals surface area contributed by atoms with Crippen molar-refractivity contribution in [3.63, 3.8) is 0 Å². The third-order valence-corrected chi connectivity index (χ3v) is 5.07. The van der Waals surface area contributed by atoms with Crippen molar-refractivity contribution in [1.82, 2.24) is 9.13 Å². The first-order valence-corrected chi connectivity index (χ1v) is 9.97. The molecule has 0 atom stereocenters. The number of allylic oxidation sites excluding steroid dienone is 1. The average molecular weight is 431 g/mol. The Morgan fingerprint density at radius 3 is 2.26 bits per heavy atom. The van der Waals surface area contributed by atoms with Gasteiger partial charge in [0.05, 0.1) is 18.5 Å². The van der Waals surface area contributed by atoms with Crippen LogP contribution in [0.3, 0.4) is 0 Å². The lowest BCUT2D eigenvalue weighted by Crippen LogP contribution is -2.27. The average Bonchev–Trinajstić information content (AvgIpc) is 3.16. The summed E-state index contributed by atoms with van der Waals surface area (Å²) in [5.41, 5.74) is 2.25. The molecule has 0 radical (unpaired) electrons. The van der Waals surface area contributed by atoms with Gasteiger partial charge in [-0.1, -0.05) is 41.9 Å². The van der Waals surface area contributed by atoms with Gasteiger partial charge in [0.2, 0.25) is 0 Å². The molecule has 0 aliphatic rings. The van der Waals surface area contributed by atoms with Crippen LogP contribution in [-0.2, 0) is 0 Å². The number of halogens is 1. The lowest BCUT2D eigenvalue weighted by molar-refractivity contribution is 0.0967. The summed E-state index contributed by atoms with van der Waals surface area (Å²) in [6.07, 6.45) is 4.71. The molecule has 4 aromatic rings. The first-order valence-electron chi connectivity index (χ1n) is 9.59. The lowest BCUT2D eigenvalue weighted by atomic mass is 10.1. The number of para-hydroxylation sites is 1. The molecule has 0 spiro atoms. The van der Waals surface area contributed by atoms with Crippen molar-refractivity contribution in [3.8, 4) is 22.7 Å². The van der Waals surface area contributed by atoms with Crippen LogP contribution in [0.5, 0.6) is 5.75 Å². The summed E-state index contributed by atoms with van der Waals surface area (Å²) in [6, 6.07) is 23.5. The lowest BCUT2D eigenvalue weighted by Gasteiger charge is -2.05. The molecule has 31 heavy (non-hydrogen) atoms. The molecule has 0 N–H and O–H groups in total. The molecule has 0 aliphatic carbocycles. The molecule has 1 heterocycles. The number of rotatable bonds is 5. The Hall–Kier alpha value is -3.83. The Morgan fingerprint density at radius 1 is 0.935 bits per heavy atom. The van der Waals surface area contributed by atoms with E-state index in [2.05, 4.69) is 0 Å². The zero-order valence-corrected chi connectivity index (χ0v) is 17.5. The number of imidazole rings is 1. The minimum atomic E-state index is -0.444. The van der Waals surface area contributed by atoms with Crippen LogP contribution in [0.1, 0.15) is 10.4 Å². The number of hydrogen-bond acceptors (Lipinski definition) is 3. The highest BCUT2D eigenvalue weighted by Gasteiger charge is 2.18. The molecule has 0 bridgehead atoms. The maximum atomic E-state index is 13.2. The van der Waals surface area contributed by atoms with E-state index in [9.17, 15) is 9.59 Å². The summed E-state index contributed by atoms with van der Waals surface area (Å²) in [5.74, 6) is 0.245. The maximum Gasteiger partial charge on any atom is 0.340 e. The van der Waals surface area contributed by atoms with E-state index in [0.717, 1.165) is 11.1 Å². The molecule has 0 amide bonds. The van der Waals surface area contributed by atoms with Crippen molar-refractivity contribution >= 4 is 23.6 Å². The topological polar surface area (TPSA) is 53.2 Å². The largest absolute Gasteiger partial charge is 0.497 e. The summed E-state index contributed by atoms with van der Waals surface area (Å²) in [4.78, 5) is 26.3. The summed E-state index contributed by atoms with van der Waals surface area (Å²) in [5, 5.41) is 0.612. The summed E-state index contributed by atoms with van der Waals surface area (Å²) in [6.45, 7) is 0. The Bertz CT molecular complexity index is 1290. The van der Waals surface area contributed by atoms with Gasteiger partial charge in [-0.3, -0.25) is 9.36 Å². The molecule has 6 heteroatoms. The van der Waals surface area contributed by atoms with Crippen LogP contribution in [0, 0.1) is 0 Å². The summed E-state index contributed by atoms with van der Waals surface area (Å²) < 4.78 is 7.85. The Kier molecular flexibility index (Phi) is 5.87. The maximum absolute atomic E-state index is 13.2. The number of hydrogen-bond donors (Lipinski definition) is 0. The number of carbonyl (C=O) groups excluding carboxylic acids is 1. The third kappa shape index (κ3) is 4.37. The van der Waals surface area contributed by atoms with Gasteiger partial charge in [0.15, 0.2) is 0 Å². The number of benzene rings is 3. The second-order valence-electron chi connectivity index (χ2n) is 6.79. The van der Waals surface area contributed by atoms with Crippen LogP contribution in [0.25, 0.3) is 23.0 Å². The monoisotopic (exact) mass is 430 g/mol. The summed E-state index contributed by atoms with van der Waals surface area (Å²) >= 11 is 5.91. The van der Waals surface area contributed by atoms with Crippen LogP contribution >= 0.6 is 11.6 Å². The Balaban J connectivity index is 1.80. The second-order valence-corrected chi connectivity index (χ2v) is 7.23. The molecule has 0 saturated heterocycles. The zero-order chi connectivity index (χ0) is 21.8. The van der Waals surface area contributed by atoms with Crippen molar-refractivity contribution in [1.29, 1.82) is 0 Å². The number of carbonyl (C=O) groups is 1. The van der Waals surface area contributed by atoms with Gasteiger partial charge in [-0.25, -0.2) is 9.36 Å². The van der Waals surface area contributed by atoms with E-state index in [1.54, 1.807) is 55.8 Å². The number of nitrogens with zero attached hydrogens (tertiary/aromatic N) is 2. The Labute approximate surface area is 184 Å². The van der Waals surface area contributed by atoms with Gasteiger partial charge >= 0.3 is 5.69 Å². The minimum absolute atomic E-state index is 0.442. The van der Waals surface area contributed by atoms with E-state index in [4.69, 9.17) is 16.3 Å². The molecule has 0 aliphatic heterocycles. The normalized spacial score (nSPS) is 11.0. The molecule has 0 unspecified atom stereocenters. The van der Waals surface area contributed by atoms with Gasteiger partial charge < -0.3 is 4.74 Å². The molecule has 1 aromatic heterocycles. The number of methoxy groups -OCH3 is 1. The molecule has 0 fully saturated rings. The van der Waals surface area contributed by atoms with Gasteiger partial charge in [0, 0.05) is 22.9 Å². The van der Waals surface area contributed by atoms with E-state index in [1.807, 2.05) is 42.5 Å². The van der Waals surface area contributed by atoms with Gasteiger partial charge in [-0.15, -0.1) is 0 Å². The molecule has 3 aromatic carbocycles. The first-order chi connectivity index (χ1) is 15.1. The second kappa shape index (κ2) is 8.90. The summed E-state index contributed by atoms with van der Waals surface area (Å²) in [7, 11) is 1.59. The first kappa shape index (κ1) is 20.4. The van der Waals surface area contributed by atoms with Gasteiger partial charge in [0.1, 0.15) is 5.75 Å². The predicted octanol–water partition coefficient (Wildman–Crippen LogP) is 5.32. The molecule has 154 valence electrons. The zero-order valence-electron chi connectivity index (χ0n) is 16.7. The van der Waals surface area contributed by atoms with E-state index in [0.29, 0.717) is 22.2 Å². The predicted molar refractivity (Wildman–Crippen MR) is 123 cm³/mol. The Morgan fingerprint density at radius 2 is 1.61 bits per heavy atom. The fraction of sp³-hybridized carbons (Fsp3) is 0.0400. The van der Waals surface area contributed by atoms with Crippen LogP contribution in [0.15, 0.2) is 95.9 Å². The minimum Gasteiger partial charge on any atom is -0.497 e. The van der Waals surface area contributed by atoms with Crippen LogP contribution in [0.2, 0.25) is 5.02 Å². The van der Waals surface area contributed by atoms with Crippen molar-refractivity contribution in [2.24, 2.45) is 0 Å². The SMILES string of the molecule is COc1ccc(-c2cn(-c3ccccc3)c(=O)n2C(=O)/C=C/c2ccc(Cl)cc2)cc1. The van der Waals surface area contributed by atoms with Gasteiger partial charge in [0.25, 0.3) is 5.91 Å². The molecule has 4 rings (SSSR count). The number of ether oxygens (including phenoxy) is 1. The van der Waals surface area contributed by atoms with Crippen molar-refractivity contribution in [2.75, 3.05) is 7.11 Å². The molecule has 0 saturated carbocycles. The van der Waals surface area contributed by atoms with E-state index < -0.39 is 11.6 Å². The van der Waals surface area contributed by atoms with E-state index >= 15 is 0 Å². The van der Waals surface area contributed by atoms with E-state index in [-0.39, 0.29) is 0 Å². The molecule has 5 nitrogen and oxygen atoms in total. The smallest absolute Gasteiger partial charge is 0.340 e. The standard InChI is InChI=1S/C25H19ClN2O3/c1-31-22-14-10-19(11-15-22)23-17-27(21-5-3-2-4-6-21)25(30)28(23)24(29)16-9-18-7-12-20(26)13-8-18/h2-17H,1H3/b16-9+. The molecular weight excluding hydrogens is 412 g/mol. The van der Waals surface area contributed by atoms with Crippen LogP contribution < -0.4 is 10.4 Å². The molecular formula is C25H19ClN2O3. The van der Waals surface area contributed by atoms with Crippen molar-refractivity contribution in [3.05, 3.63) is 112 Å². The fourth-order valence-corrected chi connectivity index (χ4v) is 3.34. The number of aromatic nitrogens is 2. The van der Waals surface area contributed by atoms with Crippen LogP contribution in [-0.4, -0.2) is 22.2 Å². The van der Waals surface area contributed by atoms with Gasteiger partial charge in [-0.05, 0) is 60.2 Å². The van der Waals surface area contributed by atoms with E-state index in [1.165, 1.54) is 15.2 Å². The highest BCUT2D eigenvalue weighted by molar-refractivity contribution is 6.30. The van der Waals surface area contributed by atoms with Crippen molar-refractivity contribution < 1.29 is 9.53 Å². The van der Waals surface area contributed by atoms with Crippen molar-refractivity contribution in [2.45, 2.75) is 0 Å². The third-order valence-electron chi connectivity index (χ3n) is 4.82. The van der Waals surface area contributed by atoms with Crippen LogP contribution in [0.4, 0.5) is 0 Å². The highest BCUT2D eigenvalue weighted by Crippen LogP contribution is 2.23. The fourth-order valence-electron chi connectivity index (χ4n) is 3.21. The highest BCUT2D eigenvalue weighted by atomic mass is 35.5. The van der Waals surface area contributed by atoms with Gasteiger partial charge in [-0.2, -0.15) is 0 Å².